The second-order valence-corrected chi connectivity index (χ2v) is 6.13. The minimum Gasteiger partial charge on any atom is -0.497 e. The lowest BCUT2D eigenvalue weighted by Gasteiger charge is -2.17. The molecule has 0 saturated carbocycles. The minimum absolute atomic E-state index is 0.000785. The van der Waals surface area contributed by atoms with Gasteiger partial charge in [0.1, 0.15) is 5.75 Å². The number of nitro groups is 1. The zero-order valence-corrected chi connectivity index (χ0v) is 15.5. The van der Waals surface area contributed by atoms with Crippen LogP contribution in [0.15, 0.2) is 60.8 Å². The number of carbonyl (C=O) groups excluding carboxylic acids is 1. The number of ether oxygens (including phenoxy) is 1. The Bertz CT molecular complexity index is 965. The van der Waals surface area contributed by atoms with Gasteiger partial charge in [-0.25, -0.2) is 4.68 Å². The van der Waals surface area contributed by atoms with Crippen LogP contribution in [-0.2, 0) is 0 Å². The van der Waals surface area contributed by atoms with Gasteiger partial charge < -0.3 is 10.1 Å². The van der Waals surface area contributed by atoms with Crippen LogP contribution in [0.25, 0.3) is 5.69 Å². The summed E-state index contributed by atoms with van der Waals surface area (Å²) >= 11 is 0. The molecule has 0 saturated heterocycles. The second-order valence-electron chi connectivity index (χ2n) is 6.13. The van der Waals surface area contributed by atoms with Crippen molar-refractivity contribution in [2.24, 2.45) is 0 Å². The Balaban J connectivity index is 1.72. The molecule has 144 valence electrons. The highest BCUT2D eigenvalue weighted by atomic mass is 16.6. The molecular formula is C20H20N4O4. The van der Waals surface area contributed by atoms with Crippen LogP contribution in [0.5, 0.6) is 5.75 Å². The van der Waals surface area contributed by atoms with Gasteiger partial charge in [-0.15, -0.1) is 0 Å². The summed E-state index contributed by atoms with van der Waals surface area (Å²) in [5, 5.41) is 18.0. The maximum Gasteiger partial charge on any atom is 0.272 e. The first-order chi connectivity index (χ1) is 13.5. The van der Waals surface area contributed by atoms with Gasteiger partial charge in [0.15, 0.2) is 5.69 Å². The molecule has 0 bridgehead atoms. The standard InChI is InChI=1S/C20H20N4O4/c1-3-18(14-4-10-17(28-2)11-5-14)21-20(25)19-12-13-23(22-19)15-6-8-16(9-7-15)24(26)27/h4-13,18H,3H2,1-2H3,(H,21,25). The second kappa shape index (κ2) is 8.34. The number of hydrogen-bond donors (Lipinski definition) is 1. The number of methoxy groups -OCH3 is 1. The Hall–Kier alpha value is -3.68. The van der Waals surface area contributed by atoms with Gasteiger partial charge in [-0.1, -0.05) is 19.1 Å². The number of carbonyl (C=O) groups is 1. The molecule has 0 aliphatic rings. The lowest BCUT2D eigenvalue weighted by molar-refractivity contribution is -0.384. The monoisotopic (exact) mass is 380 g/mol. The molecule has 1 atom stereocenters. The third-order valence-corrected chi connectivity index (χ3v) is 4.38. The number of non-ortho nitro benzene ring substituents is 1. The molecule has 0 aliphatic heterocycles. The minimum atomic E-state index is -0.462. The molecule has 2 aromatic carbocycles. The van der Waals surface area contributed by atoms with Crippen LogP contribution < -0.4 is 10.1 Å². The lowest BCUT2D eigenvalue weighted by Crippen LogP contribution is -2.28. The zero-order chi connectivity index (χ0) is 20.1. The number of nitro benzene ring substituents is 1. The molecule has 1 aromatic heterocycles. The number of aromatic nitrogens is 2. The summed E-state index contributed by atoms with van der Waals surface area (Å²) in [4.78, 5) is 22.9. The fourth-order valence-corrected chi connectivity index (χ4v) is 2.81. The molecule has 1 amide bonds. The summed E-state index contributed by atoms with van der Waals surface area (Å²) in [6, 6.07) is 15.0. The van der Waals surface area contributed by atoms with Crippen LogP contribution in [0.4, 0.5) is 5.69 Å². The summed E-state index contributed by atoms with van der Waals surface area (Å²) in [6.45, 7) is 1.99. The number of nitrogens with zero attached hydrogens (tertiary/aromatic N) is 3. The van der Waals surface area contributed by atoms with Crippen LogP contribution in [0.2, 0.25) is 0 Å². The third kappa shape index (κ3) is 4.17. The average Bonchev–Trinajstić information content (AvgIpc) is 3.22. The third-order valence-electron chi connectivity index (χ3n) is 4.38. The van der Waals surface area contributed by atoms with Crippen molar-refractivity contribution in [3.63, 3.8) is 0 Å². The number of amides is 1. The summed E-state index contributed by atoms with van der Waals surface area (Å²) in [5.74, 6) is 0.468. The van der Waals surface area contributed by atoms with Gasteiger partial charge in [-0.2, -0.15) is 5.10 Å². The largest absolute Gasteiger partial charge is 0.497 e. The van der Waals surface area contributed by atoms with Crippen LogP contribution in [0, 0.1) is 10.1 Å². The topological polar surface area (TPSA) is 99.3 Å². The highest BCUT2D eigenvalue weighted by Gasteiger charge is 2.17. The summed E-state index contributed by atoms with van der Waals surface area (Å²) in [5.41, 5.74) is 1.88. The van der Waals surface area contributed by atoms with E-state index in [1.807, 2.05) is 31.2 Å². The molecule has 0 spiro atoms. The smallest absolute Gasteiger partial charge is 0.272 e. The molecule has 8 nitrogen and oxygen atoms in total. The fourth-order valence-electron chi connectivity index (χ4n) is 2.81. The molecule has 0 fully saturated rings. The number of rotatable bonds is 7. The van der Waals surface area contributed by atoms with Crippen LogP contribution in [-0.4, -0.2) is 27.7 Å². The molecular weight excluding hydrogens is 360 g/mol. The van der Waals surface area contributed by atoms with E-state index in [2.05, 4.69) is 10.4 Å². The van der Waals surface area contributed by atoms with Crippen molar-refractivity contribution in [2.75, 3.05) is 7.11 Å². The van der Waals surface area contributed by atoms with Crippen molar-refractivity contribution in [1.82, 2.24) is 15.1 Å². The lowest BCUT2D eigenvalue weighted by atomic mass is 10.0. The van der Waals surface area contributed by atoms with Crippen molar-refractivity contribution in [3.8, 4) is 11.4 Å². The van der Waals surface area contributed by atoms with Crippen molar-refractivity contribution >= 4 is 11.6 Å². The van der Waals surface area contributed by atoms with E-state index in [9.17, 15) is 14.9 Å². The van der Waals surface area contributed by atoms with Gasteiger partial charge in [0, 0.05) is 18.3 Å². The summed E-state index contributed by atoms with van der Waals surface area (Å²) < 4.78 is 6.67. The predicted molar refractivity (Wildman–Crippen MR) is 104 cm³/mol. The first-order valence-electron chi connectivity index (χ1n) is 8.77. The molecule has 1 N–H and O–H groups in total. The Kier molecular flexibility index (Phi) is 5.69. The van der Waals surface area contributed by atoms with Gasteiger partial charge in [-0.3, -0.25) is 14.9 Å². The molecule has 8 heteroatoms. The maximum atomic E-state index is 12.6. The van der Waals surface area contributed by atoms with E-state index in [4.69, 9.17) is 4.74 Å². The predicted octanol–water partition coefficient (Wildman–Crippen LogP) is 3.67. The van der Waals surface area contributed by atoms with Crippen LogP contribution in [0.3, 0.4) is 0 Å². The van der Waals surface area contributed by atoms with Gasteiger partial charge in [-0.05, 0) is 42.3 Å². The summed E-state index contributed by atoms with van der Waals surface area (Å²) in [7, 11) is 1.61. The van der Waals surface area contributed by atoms with E-state index < -0.39 is 4.92 Å². The van der Waals surface area contributed by atoms with E-state index in [1.165, 1.54) is 16.8 Å². The van der Waals surface area contributed by atoms with E-state index in [0.29, 0.717) is 5.69 Å². The molecule has 3 aromatic rings. The van der Waals surface area contributed by atoms with E-state index in [-0.39, 0.29) is 23.3 Å². The Morgan fingerprint density at radius 2 is 1.86 bits per heavy atom. The molecule has 1 unspecified atom stereocenters. The SMILES string of the molecule is CCC(NC(=O)c1ccn(-c2ccc([N+](=O)[O-])cc2)n1)c1ccc(OC)cc1. The van der Waals surface area contributed by atoms with Crippen molar-refractivity contribution in [2.45, 2.75) is 19.4 Å². The summed E-state index contributed by atoms with van der Waals surface area (Å²) in [6.07, 6.45) is 2.37. The maximum absolute atomic E-state index is 12.6. The van der Waals surface area contributed by atoms with E-state index in [1.54, 1.807) is 31.5 Å². The van der Waals surface area contributed by atoms with Gasteiger partial charge >= 0.3 is 0 Å². The van der Waals surface area contributed by atoms with Crippen molar-refractivity contribution in [1.29, 1.82) is 0 Å². The van der Waals surface area contributed by atoms with Crippen LogP contribution >= 0.6 is 0 Å². The first kappa shape index (κ1) is 19.1. The highest BCUT2D eigenvalue weighted by molar-refractivity contribution is 5.92. The van der Waals surface area contributed by atoms with Crippen molar-refractivity contribution in [3.05, 3.63) is 82.2 Å². The molecule has 1 heterocycles. The fraction of sp³-hybridized carbons (Fsp3) is 0.200. The van der Waals surface area contributed by atoms with Gasteiger partial charge in [0.25, 0.3) is 11.6 Å². The normalized spacial score (nSPS) is 11.6. The van der Waals surface area contributed by atoms with Crippen LogP contribution in [0.1, 0.15) is 35.4 Å². The Morgan fingerprint density at radius 1 is 1.18 bits per heavy atom. The molecule has 28 heavy (non-hydrogen) atoms. The Labute approximate surface area is 161 Å². The molecule has 3 rings (SSSR count). The number of hydrogen-bond acceptors (Lipinski definition) is 5. The zero-order valence-electron chi connectivity index (χ0n) is 15.5. The number of nitrogens with one attached hydrogen (secondary N) is 1. The Morgan fingerprint density at radius 3 is 2.43 bits per heavy atom. The van der Waals surface area contributed by atoms with E-state index >= 15 is 0 Å². The number of benzene rings is 2. The quantitative estimate of drug-likeness (QED) is 0.498. The van der Waals surface area contributed by atoms with Gasteiger partial charge in [0.2, 0.25) is 0 Å². The highest BCUT2D eigenvalue weighted by Crippen LogP contribution is 2.21. The van der Waals surface area contributed by atoms with Crippen molar-refractivity contribution < 1.29 is 14.5 Å². The average molecular weight is 380 g/mol. The first-order valence-corrected chi connectivity index (χ1v) is 8.77. The van der Waals surface area contributed by atoms with E-state index in [0.717, 1.165) is 17.7 Å². The molecule has 0 aliphatic carbocycles. The molecule has 0 radical (unpaired) electrons. The van der Waals surface area contributed by atoms with Gasteiger partial charge in [0.05, 0.1) is 23.8 Å².